The van der Waals surface area contributed by atoms with Crippen molar-refractivity contribution in [2.24, 2.45) is 7.05 Å². The minimum absolute atomic E-state index is 0.222. The van der Waals surface area contributed by atoms with Crippen LogP contribution in [0.3, 0.4) is 0 Å². The lowest BCUT2D eigenvalue weighted by Gasteiger charge is -2.08. The third-order valence-corrected chi connectivity index (χ3v) is 4.73. The molecule has 0 fully saturated rings. The monoisotopic (exact) mass is 377 g/mol. The van der Waals surface area contributed by atoms with Crippen molar-refractivity contribution in [2.75, 3.05) is 5.32 Å². The highest BCUT2D eigenvalue weighted by molar-refractivity contribution is 6.42. The molecule has 0 spiro atoms. The number of halogens is 2. The molecule has 1 aromatic carbocycles. The normalized spacial score (nSPS) is 10.9. The Morgan fingerprint density at radius 1 is 1.20 bits per heavy atom. The van der Waals surface area contributed by atoms with Crippen LogP contribution in [0, 0.1) is 13.8 Å². The number of anilines is 1. The lowest BCUT2D eigenvalue weighted by molar-refractivity contribution is 0.101. The molecule has 0 atom stereocenters. The van der Waals surface area contributed by atoms with Gasteiger partial charge in [-0.15, -0.1) is 0 Å². The summed E-state index contributed by atoms with van der Waals surface area (Å²) in [4.78, 5) is 12.4. The van der Waals surface area contributed by atoms with Gasteiger partial charge in [-0.05, 0) is 37.6 Å². The molecule has 0 aliphatic rings. The summed E-state index contributed by atoms with van der Waals surface area (Å²) < 4.78 is 3.36. The maximum absolute atomic E-state index is 12.4. The van der Waals surface area contributed by atoms with Crippen LogP contribution in [-0.4, -0.2) is 25.5 Å². The van der Waals surface area contributed by atoms with Crippen molar-refractivity contribution in [3.63, 3.8) is 0 Å². The van der Waals surface area contributed by atoms with E-state index >= 15 is 0 Å². The Balaban J connectivity index is 1.84. The summed E-state index contributed by atoms with van der Waals surface area (Å²) in [5.74, 6) is -0.222. The van der Waals surface area contributed by atoms with E-state index in [0.29, 0.717) is 28.0 Å². The fourth-order valence-corrected chi connectivity index (χ4v) is 2.94. The molecule has 130 valence electrons. The molecular formula is C17H17Cl2N5O. The van der Waals surface area contributed by atoms with Crippen molar-refractivity contribution in [1.82, 2.24) is 19.6 Å². The van der Waals surface area contributed by atoms with Gasteiger partial charge in [-0.3, -0.25) is 14.2 Å². The molecule has 0 aliphatic carbocycles. The first kappa shape index (κ1) is 17.5. The molecule has 0 radical (unpaired) electrons. The van der Waals surface area contributed by atoms with Gasteiger partial charge in [-0.25, -0.2) is 0 Å². The van der Waals surface area contributed by atoms with Crippen LogP contribution in [0.25, 0.3) is 0 Å². The van der Waals surface area contributed by atoms with Crippen molar-refractivity contribution >= 4 is 34.8 Å². The number of nitrogens with zero attached hydrogens (tertiary/aromatic N) is 4. The van der Waals surface area contributed by atoms with Crippen molar-refractivity contribution in [3.8, 4) is 0 Å². The Morgan fingerprint density at radius 2 is 1.96 bits per heavy atom. The smallest absolute Gasteiger partial charge is 0.274 e. The number of hydrogen-bond donors (Lipinski definition) is 1. The average molecular weight is 378 g/mol. The number of rotatable bonds is 4. The molecule has 0 saturated carbocycles. The van der Waals surface area contributed by atoms with Gasteiger partial charge in [0, 0.05) is 13.2 Å². The van der Waals surface area contributed by atoms with Crippen LogP contribution in [0.15, 0.2) is 30.5 Å². The van der Waals surface area contributed by atoms with Crippen LogP contribution in [-0.2, 0) is 13.6 Å². The summed E-state index contributed by atoms with van der Waals surface area (Å²) in [6.45, 7) is 4.30. The van der Waals surface area contributed by atoms with Crippen LogP contribution >= 0.6 is 23.2 Å². The third kappa shape index (κ3) is 3.55. The van der Waals surface area contributed by atoms with Crippen LogP contribution in [0.5, 0.6) is 0 Å². The van der Waals surface area contributed by atoms with Gasteiger partial charge < -0.3 is 5.32 Å². The van der Waals surface area contributed by atoms with Gasteiger partial charge in [0.1, 0.15) is 5.69 Å². The lowest BCUT2D eigenvalue weighted by Crippen LogP contribution is -2.17. The number of carbonyl (C=O) groups excluding carboxylic acids is 1. The van der Waals surface area contributed by atoms with Gasteiger partial charge in [-0.1, -0.05) is 29.3 Å². The van der Waals surface area contributed by atoms with Crippen LogP contribution in [0.4, 0.5) is 5.69 Å². The summed E-state index contributed by atoms with van der Waals surface area (Å²) in [6.07, 6.45) is 1.59. The average Bonchev–Trinajstić information content (AvgIpc) is 3.10. The highest BCUT2D eigenvalue weighted by atomic mass is 35.5. The van der Waals surface area contributed by atoms with Gasteiger partial charge in [0.15, 0.2) is 0 Å². The number of aryl methyl sites for hydroxylation is 2. The Hall–Kier alpha value is -2.31. The van der Waals surface area contributed by atoms with Crippen molar-refractivity contribution in [3.05, 3.63) is 63.2 Å². The lowest BCUT2D eigenvalue weighted by atomic mass is 10.2. The Bertz CT molecular complexity index is 945. The van der Waals surface area contributed by atoms with Gasteiger partial charge in [0.2, 0.25) is 0 Å². The first-order valence-electron chi connectivity index (χ1n) is 7.64. The molecule has 1 amide bonds. The van der Waals surface area contributed by atoms with E-state index in [1.54, 1.807) is 25.4 Å². The van der Waals surface area contributed by atoms with Crippen LogP contribution in [0.1, 0.15) is 27.4 Å². The number of amides is 1. The van der Waals surface area contributed by atoms with E-state index in [0.717, 1.165) is 17.0 Å². The zero-order valence-corrected chi connectivity index (χ0v) is 15.6. The van der Waals surface area contributed by atoms with E-state index in [2.05, 4.69) is 15.5 Å². The van der Waals surface area contributed by atoms with Crippen molar-refractivity contribution in [2.45, 2.75) is 20.4 Å². The first-order valence-corrected chi connectivity index (χ1v) is 8.39. The predicted molar refractivity (Wildman–Crippen MR) is 98.4 cm³/mol. The van der Waals surface area contributed by atoms with Crippen LogP contribution < -0.4 is 5.32 Å². The molecule has 1 N–H and O–H groups in total. The van der Waals surface area contributed by atoms with E-state index in [1.165, 1.54) is 4.68 Å². The van der Waals surface area contributed by atoms with Gasteiger partial charge in [0.05, 0.1) is 33.7 Å². The van der Waals surface area contributed by atoms with E-state index in [4.69, 9.17) is 23.2 Å². The maximum Gasteiger partial charge on any atom is 0.274 e. The zero-order chi connectivity index (χ0) is 18.1. The number of hydrogen-bond acceptors (Lipinski definition) is 3. The molecule has 0 aliphatic heterocycles. The van der Waals surface area contributed by atoms with E-state index in [9.17, 15) is 4.79 Å². The highest BCUT2D eigenvalue weighted by Crippen LogP contribution is 2.25. The highest BCUT2D eigenvalue weighted by Gasteiger charge is 2.17. The summed E-state index contributed by atoms with van der Waals surface area (Å²) in [7, 11) is 1.72. The molecule has 6 nitrogen and oxygen atoms in total. The number of nitrogens with one attached hydrogen (secondary N) is 1. The predicted octanol–water partition coefficient (Wildman–Crippen LogP) is 3.84. The first-order chi connectivity index (χ1) is 11.9. The largest absolute Gasteiger partial charge is 0.317 e. The van der Waals surface area contributed by atoms with Crippen LogP contribution in [0.2, 0.25) is 10.0 Å². The molecular weight excluding hydrogens is 361 g/mol. The molecule has 8 heteroatoms. The topological polar surface area (TPSA) is 64.7 Å². The Morgan fingerprint density at radius 3 is 2.60 bits per heavy atom. The zero-order valence-electron chi connectivity index (χ0n) is 14.0. The van der Waals surface area contributed by atoms with Gasteiger partial charge in [-0.2, -0.15) is 10.2 Å². The molecule has 0 unspecified atom stereocenters. The Labute approximate surface area is 155 Å². The second-order valence-corrected chi connectivity index (χ2v) is 6.56. The molecule has 3 rings (SSSR count). The number of benzene rings is 1. The summed E-state index contributed by atoms with van der Waals surface area (Å²) in [5.41, 5.74) is 3.76. The van der Waals surface area contributed by atoms with E-state index < -0.39 is 0 Å². The molecule has 3 aromatic rings. The maximum atomic E-state index is 12.4. The molecule has 25 heavy (non-hydrogen) atoms. The van der Waals surface area contributed by atoms with Gasteiger partial charge >= 0.3 is 0 Å². The molecule has 2 heterocycles. The minimum atomic E-state index is -0.222. The summed E-state index contributed by atoms with van der Waals surface area (Å²) in [5, 5.41) is 12.5. The SMILES string of the molecule is Cc1nn(Cc2ccc(Cl)c(Cl)c2)c(C)c1NC(=O)c1ccnn1C. The quantitative estimate of drug-likeness (QED) is 0.750. The molecule has 0 saturated heterocycles. The van der Waals surface area contributed by atoms with Gasteiger partial charge in [0.25, 0.3) is 5.91 Å². The molecule has 0 bridgehead atoms. The van der Waals surface area contributed by atoms with E-state index in [-0.39, 0.29) is 5.91 Å². The summed E-state index contributed by atoms with van der Waals surface area (Å²) >= 11 is 12.0. The summed E-state index contributed by atoms with van der Waals surface area (Å²) in [6, 6.07) is 7.14. The fraction of sp³-hybridized carbons (Fsp3) is 0.235. The number of aromatic nitrogens is 4. The van der Waals surface area contributed by atoms with Crippen molar-refractivity contribution < 1.29 is 4.79 Å². The van der Waals surface area contributed by atoms with E-state index in [1.807, 2.05) is 30.7 Å². The van der Waals surface area contributed by atoms with Crippen molar-refractivity contribution in [1.29, 1.82) is 0 Å². The fourth-order valence-electron chi connectivity index (χ4n) is 2.62. The second kappa shape index (κ2) is 6.90. The Kier molecular flexibility index (Phi) is 4.83. The molecule has 2 aromatic heterocycles. The minimum Gasteiger partial charge on any atom is -0.317 e. The standard InChI is InChI=1S/C17H17Cl2N5O/c1-10-16(21-17(25)15-6-7-20-23(15)3)11(2)24(22-10)9-12-4-5-13(18)14(19)8-12/h4-8H,9H2,1-3H3,(H,21,25). The second-order valence-electron chi connectivity index (χ2n) is 5.75. The number of carbonyl (C=O) groups is 1. The third-order valence-electron chi connectivity index (χ3n) is 3.99.